The number of anilines is 1. The number of nitrogens with zero attached hydrogens (tertiary/aromatic N) is 2. The van der Waals surface area contributed by atoms with Gasteiger partial charge in [0, 0.05) is 18.6 Å². The van der Waals surface area contributed by atoms with Gasteiger partial charge in [-0.2, -0.15) is 0 Å². The van der Waals surface area contributed by atoms with Crippen molar-refractivity contribution in [2.24, 2.45) is 0 Å². The van der Waals surface area contributed by atoms with Crippen LogP contribution in [-0.4, -0.2) is 27.0 Å². The first-order valence-electron chi connectivity index (χ1n) is 7.05. The van der Waals surface area contributed by atoms with Crippen molar-refractivity contribution in [2.45, 2.75) is 6.54 Å². The number of para-hydroxylation sites is 2. The van der Waals surface area contributed by atoms with E-state index in [2.05, 4.69) is 15.3 Å². The lowest BCUT2D eigenvalue weighted by Gasteiger charge is -2.12. The number of aromatic nitrogens is 3. The number of benzene rings is 1. The number of carbonyl (C=O) groups is 1. The average Bonchev–Trinajstić information content (AvgIpc) is 3.20. The monoisotopic (exact) mass is 330 g/mol. The van der Waals surface area contributed by atoms with E-state index in [4.69, 9.17) is 16.3 Å². The standard InChI is InChI=1S/C16H15ClN4O2/c17-12-9-14(19-10-12)16(22)20-13-3-1-2-4-15(13)23-8-7-21-6-5-18-11-21/h1-6,9-11,19H,7-8H2,(H,20,22). The van der Waals surface area contributed by atoms with Gasteiger partial charge in [-0.1, -0.05) is 23.7 Å². The zero-order chi connectivity index (χ0) is 16.1. The van der Waals surface area contributed by atoms with Crippen molar-refractivity contribution in [2.75, 3.05) is 11.9 Å². The molecule has 0 aliphatic rings. The molecule has 3 aromatic rings. The van der Waals surface area contributed by atoms with Crippen LogP contribution in [0.15, 0.2) is 55.2 Å². The molecule has 1 aromatic carbocycles. The van der Waals surface area contributed by atoms with Crippen molar-refractivity contribution in [3.63, 3.8) is 0 Å². The van der Waals surface area contributed by atoms with E-state index in [-0.39, 0.29) is 5.91 Å². The maximum Gasteiger partial charge on any atom is 0.272 e. The quantitative estimate of drug-likeness (QED) is 0.729. The summed E-state index contributed by atoms with van der Waals surface area (Å²) in [5.41, 5.74) is 0.997. The van der Waals surface area contributed by atoms with Gasteiger partial charge in [0.15, 0.2) is 0 Å². The van der Waals surface area contributed by atoms with Crippen LogP contribution >= 0.6 is 11.6 Å². The van der Waals surface area contributed by atoms with E-state index in [0.717, 1.165) is 0 Å². The van der Waals surface area contributed by atoms with Crippen molar-refractivity contribution in [1.82, 2.24) is 14.5 Å². The molecule has 0 radical (unpaired) electrons. The molecule has 0 aliphatic heterocycles. The van der Waals surface area contributed by atoms with Gasteiger partial charge in [-0.3, -0.25) is 4.79 Å². The first-order valence-corrected chi connectivity index (χ1v) is 7.43. The lowest BCUT2D eigenvalue weighted by Crippen LogP contribution is -2.14. The molecule has 3 rings (SSSR count). The Kier molecular flexibility index (Phi) is 4.63. The minimum absolute atomic E-state index is 0.275. The van der Waals surface area contributed by atoms with Crippen LogP contribution in [0.25, 0.3) is 0 Å². The van der Waals surface area contributed by atoms with Gasteiger partial charge in [-0.05, 0) is 18.2 Å². The number of imidazole rings is 1. The number of H-pyrrole nitrogens is 1. The zero-order valence-corrected chi connectivity index (χ0v) is 13.0. The molecule has 6 nitrogen and oxygen atoms in total. The van der Waals surface area contributed by atoms with Gasteiger partial charge >= 0.3 is 0 Å². The molecule has 2 N–H and O–H groups in total. The maximum absolute atomic E-state index is 12.2. The van der Waals surface area contributed by atoms with E-state index in [1.807, 2.05) is 29.0 Å². The van der Waals surface area contributed by atoms with Crippen molar-refractivity contribution >= 4 is 23.2 Å². The topological polar surface area (TPSA) is 71.9 Å². The third-order valence-electron chi connectivity index (χ3n) is 3.19. The summed E-state index contributed by atoms with van der Waals surface area (Å²) in [6.45, 7) is 1.14. The Morgan fingerprint density at radius 2 is 2.26 bits per heavy atom. The molecule has 0 atom stereocenters. The average molecular weight is 331 g/mol. The van der Waals surface area contributed by atoms with E-state index in [1.165, 1.54) is 0 Å². The molecule has 0 bridgehead atoms. The Balaban J connectivity index is 1.64. The molecule has 0 saturated heterocycles. The van der Waals surface area contributed by atoms with E-state index < -0.39 is 0 Å². The van der Waals surface area contributed by atoms with E-state index in [0.29, 0.717) is 35.3 Å². The highest BCUT2D eigenvalue weighted by Crippen LogP contribution is 2.24. The molecule has 0 aliphatic carbocycles. The van der Waals surface area contributed by atoms with Crippen LogP contribution in [0.4, 0.5) is 5.69 Å². The summed E-state index contributed by atoms with van der Waals surface area (Å²) >= 11 is 5.81. The minimum atomic E-state index is -0.275. The van der Waals surface area contributed by atoms with Gasteiger partial charge in [0.1, 0.15) is 18.1 Å². The number of amides is 1. The fourth-order valence-corrected chi connectivity index (χ4v) is 2.23. The maximum atomic E-state index is 12.2. The highest BCUT2D eigenvalue weighted by molar-refractivity contribution is 6.31. The van der Waals surface area contributed by atoms with Crippen LogP contribution in [0.2, 0.25) is 5.02 Å². The Morgan fingerprint density at radius 1 is 1.39 bits per heavy atom. The van der Waals surface area contributed by atoms with Gasteiger partial charge < -0.3 is 19.6 Å². The fraction of sp³-hybridized carbons (Fsp3) is 0.125. The van der Waals surface area contributed by atoms with E-state index in [1.54, 1.807) is 30.9 Å². The smallest absolute Gasteiger partial charge is 0.272 e. The normalized spacial score (nSPS) is 10.5. The summed E-state index contributed by atoms with van der Waals surface area (Å²) < 4.78 is 7.67. The molecule has 7 heteroatoms. The SMILES string of the molecule is O=C(Nc1ccccc1OCCn1ccnc1)c1cc(Cl)c[nH]1. The molecule has 0 saturated carbocycles. The number of nitrogens with one attached hydrogen (secondary N) is 2. The lowest BCUT2D eigenvalue weighted by atomic mass is 10.3. The molecule has 0 spiro atoms. The van der Waals surface area contributed by atoms with Crippen LogP contribution in [0, 0.1) is 0 Å². The molecule has 118 valence electrons. The van der Waals surface area contributed by atoms with Gasteiger partial charge in [-0.15, -0.1) is 0 Å². The number of rotatable bonds is 6. The summed E-state index contributed by atoms with van der Waals surface area (Å²) in [5.74, 6) is 0.334. The molecule has 0 fully saturated rings. The number of hydrogen-bond acceptors (Lipinski definition) is 3. The van der Waals surface area contributed by atoms with E-state index >= 15 is 0 Å². The summed E-state index contributed by atoms with van der Waals surface area (Å²) in [5, 5.41) is 3.30. The van der Waals surface area contributed by atoms with Gasteiger partial charge in [0.25, 0.3) is 5.91 Å². The molecule has 2 aromatic heterocycles. The van der Waals surface area contributed by atoms with Crippen molar-refractivity contribution in [1.29, 1.82) is 0 Å². The molecule has 1 amide bonds. The molecule has 2 heterocycles. The van der Waals surface area contributed by atoms with Crippen LogP contribution in [0.5, 0.6) is 5.75 Å². The Bertz CT molecular complexity index is 783. The summed E-state index contributed by atoms with van der Waals surface area (Å²) in [6, 6.07) is 8.85. The first kappa shape index (κ1) is 15.2. The molecule has 0 unspecified atom stereocenters. The Hall–Kier alpha value is -2.73. The van der Waals surface area contributed by atoms with Gasteiger partial charge in [0.2, 0.25) is 0 Å². The predicted molar refractivity (Wildman–Crippen MR) is 87.9 cm³/mol. The number of aromatic amines is 1. The minimum Gasteiger partial charge on any atom is -0.490 e. The first-order chi connectivity index (χ1) is 11.2. The van der Waals surface area contributed by atoms with Crippen molar-refractivity contribution < 1.29 is 9.53 Å². The Labute approximate surface area is 138 Å². The predicted octanol–water partition coefficient (Wildman–Crippen LogP) is 3.20. The number of ether oxygens (including phenoxy) is 1. The van der Waals surface area contributed by atoms with Crippen LogP contribution in [0.1, 0.15) is 10.5 Å². The lowest BCUT2D eigenvalue weighted by molar-refractivity contribution is 0.102. The van der Waals surface area contributed by atoms with Crippen LogP contribution < -0.4 is 10.1 Å². The number of hydrogen-bond donors (Lipinski definition) is 2. The highest BCUT2D eigenvalue weighted by Gasteiger charge is 2.11. The van der Waals surface area contributed by atoms with Crippen LogP contribution in [0.3, 0.4) is 0 Å². The van der Waals surface area contributed by atoms with Crippen molar-refractivity contribution in [3.05, 3.63) is 66.0 Å². The second-order valence-corrected chi connectivity index (χ2v) is 5.27. The third-order valence-corrected chi connectivity index (χ3v) is 3.41. The van der Waals surface area contributed by atoms with Gasteiger partial charge in [-0.25, -0.2) is 4.98 Å². The third kappa shape index (κ3) is 3.92. The second-order valence-electron chi connectivity index (χ2n) is 4.83. The molecular formula is C16H15ClN4O2. The number of halogens is 1. The van der Waals surface area contributed by atoms with E-state index in [9.17, 15) is 4.79 Å². The molecule has 23 heavy (non-hydrogen) atoms. The summed E-state index contributed by atoms with van der Waals surface area (Å²) in [7, 11) is 0. The zero-order valence-electron chi connectivity index (χ0n) is 12.2. The summed E-state index contributed by atoms with van der Waals surface area (Å²) in [4.78, 5) is 19.0. The van der Waals surface area contributed by atoms with Crippen LogP contribution in [-0.2, 0) is 6.54 Å². The Morgan fingerprint density at radius 3 is 3.00 bits per heavy atom. The van der Waals surface area contributed by atoms with Gasteiger partial charge in [0.05, 0.1) is 23.6 Å². The van der Waals surface area contributed by atoms with Crippen molar-refractivity contribution in [3.8, 4) is 5.75 Å². The second kappa shape index (κ2) is 7.02. The highest BCUT2D eigenvalue weighted by atomic mass is 35.5. The largest absolute Gasteiger partial charge is 0.490 e. The summed E-state index contributed by atoms with van der Waals surface area (Å²) in [6.07, 6.45) is 6.87. The fourth-order valence-electron chi connectivity index (χ4n) is 2.06. The number of carbonyl (C=O) groups excluding carboxylic acids is 1. The molecular weight excluding hydrogens is 316 g/mol.